The van der Waals surface area contributed by atoms with Crippen molar-refractivity contribution in [2.75, 3.05) is 0 Å². The molecule has 0 aromatic heterocycles. The Balaban J connectivity index is 0. The number of aliphatic carboxylic acids is 2. The standard InChI is InChI=1S/C10H18O4.CH2O3/c11-9(12)7-5-3-1-2-4-6-8-10(13)14;2-1(3)4/h1-8H2,(H,11,12)(H,13,14);(H2,2,3,4). The average Bonchev–Trinajstić information content (AvgIpc) is 2.20. The summed E-state index contributed by atoms with van der Waals surface area (Å²) < 4.78 is 0. The first kappa shape index (κ1) is 18.6. The van der Waals surface area contributed by atoms with Crippen LogP contribution in [0.3, 0.4) is 0 Å². The Morgan fingerprint density at radius 2 is 0.778 bits per heavy atom. The predicted octanol–water partition coefficient (Wildman–Crippen LogP) is 2.50. The molecular weight excluding hydrogens is 244 g/mol. The molecule has 7 heteroatoms. The highest BCUT2D eigenvalue weighted by atomic mass is 16.6. The minimum atomic E-state index is -1.83. The number of unbranched alkanes of at least 4 members (excludes halogenated alkanes) is 5. The van der Waals surface area contributed by atoms with E-state index in [1.165, 1.54) is 0 Å². The van der Waals surface area contributed by atoms with Crippen LogP contribution in [0.15, 0.2) is 0 Å². The lowest BCUT2D eigenvalue weighted by Gasteiger charge is -1.98. The summed E-state index contributed by atoms with van der Waals surface area (Å²) in [6.45, 7) is 0. The Hall–Kier alpha value is -1.79. The van der Waals surface area contributed by atoms with Gasteiger partial charge in [0.2, 0.25) is 0 Å². The minimum Gasteiger partial charge on any atom is -0.481 e. The van der Waals surface area contributed by atoms with Gasteiger partial charge in [-0.25, -0.2) is 4.79 Å². The molecule has 0 aromatic rings. The highest BCUT2D eigenvalue weighted by molar-refractivity contribution is 5.66. The lowest BCUT2D eigenvalue weighted by Crippen LogP contribution is -1.94. The molecule has 0 unspecified atom stereocenters. The number of hydrogen-bond acceptors (Lipinski definition) is 3. The number of carboxylic acids is 2. The number of carboxylic acid groups (broad SMARTS) is 4. The molecule has 0 aliphatic rings. The summed E-state index contributed by atoms with van der Waals surface area (Å²) in [6.07, 6.45) is 3.99. The van der Waals surface area contributed by atoms with Crippen molar-refractivity contribution in [2.24, 2.45) is 0 Å². The van der Waals surface area contributed by atoms with E-state index in [-0.39, 0.29) is 12.8 Å². The summed E-state index contributed by atoms with van der Waals surface area (Å²) in [6, 6.07) is 0. The molecule has 18 heavy (non-hydrogen) atoms. The summed E-state index contributed by atoms with van der Waals surface area (Å²) >= 11 is 0. The number of rotatable bonds is 9. The van der Waals surface area contributed by atoms with E-state index in [1.54, 1.807) is 0 Å². The van der Waals surface area contributed by atoms with Crippen molar-refractivity contribution < 1.29 is 34.8 Å². The molecule has 0 heterocycles. The van der Waals surface area contributed by atoms with Crippen LogP contribution in [0.25, 0.3) is 0 Å². The van der Waals surface area contributed by atoms with Crippen LogP contribution in [0.5, 0.6) is 0 Å². The van der Waals surface area contributed by atoms with E-state index < -0.39 is 18.1 Å². The number of carbonyl (C=O) groups is 3. The highest BCUT2D eigenvalue weighted by Crippen LogP contribution is 2.08. The van der Waals surface area contributed by atoms with E-state index in [1.807, 2.05) is 0 Å². The first-order chi connectivity index (χ1) is 8.36. The molecule has 7 nitrogen and oxygen atoms in total. The van der Waals surface area contributed by atoms with Crippen molar-refractivity contribution in [3.8, 4) is 0 Å². The lowest BCUT2D eigenvalue weighted by molar-refractivity contribution is -0.138. The molecule has 0 aliphatic heterocycles. The Morgan fingerprint density at radius 3 is 1.00 bits per heavy atom. The third-order valence-electron chi connectivity index (χ3n) is 2.03. The molecule has 0 amide bonds. The van der Waals surface area contributed by atoms with E-state index in [2.05, 4.69) is 0 Å². The van der Waals surface area contributed by atoms with Gasteiger partial charge >= 0.3 is 18.1 Å². The molecule has 0 fully saturated rings. The average molecular weight is 264 g/mol. The molecule has 0 atom stereocenters. The SMILES string of the molecule is O=C(O)CCCCCCCCC(=O)O.O=C(O)O. The van der Waals surface area contributed by atoms with Gasteiger partial charge in [-0.1, -0.05) is 25.7 Å². The normalized spacial score (nSPS) is 9.11. The van der Waals surface area contributed by atoms with Crippen LogP contribution in [0.1, 0.15) is 51.4 Å². The fourth-order valence-electron chi connectivity index (χ4n) is 1.26. The maximum atomic E-state index is 10.1. The van der Waals surface area contributed by atoms with E-state index in [0.717, 1.165) is 38.5 Å². The van der Waals surface area contributed by atoms with Gasteiger partial charge in [-0.3, -0.25) is 9.59 Å². The second-order valence-corrected chi connectivity index (χ2v) is 3.69. The quantitative estimate of drug-likeness (QED) is 0.470. The van der Waals surface area contributed by atoms with Crippen molar-refractivity contribution in [1.29, 1.82) is 0 Å². The molecule has 106 valence electrons. The Labute approximate surface area is 105 Å². The summed E-state index contributed by atoms with van der Waals surface area (Å²) in [5.74, 6) is -1.48. The molecule has 0 rings (SSSR count). The first-order valence-corrected chi connectivity index (χ1v) is 5.71. The van der Waals surface area contributed by atoms with Crippen molar-refractivity contribution in [3.05, 3.63) is 0 Å². The summed E-state index contributed by atoms with van der Waals surface area (Å²) in [5, 5.41) is 30.6. The van der Waals surface area contributed by atoms with Gasteiger partial charge in [0, 0.05) is 12.8 Å². The van der Waals surface area contributed by atoms with E-state index in [4.69, 9.17) is 25.2 Å². The van der Waals surface area contributed by atoms with Crippen molar-refractivity contribution in [1.82, 2.24) is 0 Å². The second-order valence-electron chi connectivity index (χ2n) is 3.69. The topological polar surface area (TPSA) is 132 Å². The van der Waals surface area contributed by atoms with Crippen LogP contribution < -0.4 is 0 Å². The molecule has 0 aromatic carbocycles. The van der Waals surface area contributed by atoms with Crippen molar-refractivity contribution in [2.45, 2.75) is 51.4 Å². The van der Waals surface area contributed by atoms with Gasteiger partial charge in [0.15, 0.2) is 0 Å². The Kier molecular flexibility index (Phi) is 13.7. The fraction of sp³-hybridized carbons (Fsp3) is 0.727. The van der Waals surface area contributed by atoms with Crippen molar-refractivity contribution in [3.63, 3.8) is 0 Å². The molecule has 0 aliphatic carbocycles. The third kappa shape index (κ3) is 29.2. The van der Waals surface area contributed by atoms with Crippen LogP contribution in [-0.4, -0.2) is 38.5 Å². The fourth-order valence-corrected chi connectivity index (χ4v) is 1.26. The van der Waals surface area contributed by atoms with Crippen LogP contribution in [0.2, 0.25) is 0 Å². The molecule has 0 saturated heterocycles. The van der Waals surface area contributed by atoms with Gasteiger partial charge in [-0.2, -0.15) is 0 Å². The van der Waals surface area contributed by atoms with Gasteiger partial charge in [0.05, 0.1) is 0 Å². The van der Waals surface area contributed by atoms with Crippen LogP contribution in [0.4, 0.5) is 4.79 Å². The molecule has 4 N–H and O–H groups in total. The van der Waals surface area contributed by atoms with Crippen LogP contribution >= 0.6 is 0 Å². The smallest absolute Gasteiger partial charge is 0.481 e. The van der Waals surface area contributed by atoms with Gasteiger partial charge < -0.3 is 20.4 Å². The maximum Gasteiger partial charge on any atom is 0.503 e. The summed E-state index contributed by atoms with van der Waals surface area (Å²) in [7, 11) is 0. The summed E-state index contributed by atoms with van der Waals surface area (Å²) in [5.41, 5.74) is 0. The largest absolute Gasteiger partial charge is 0.503 e. The zero-order valence-corrected chi connectivity index (χ0v) is 10.2. The minimum absolute atomic E-state index is 0.245. The number of hydrogen-bond donors (Lipinski definition) is 4. The highest BCUT2D eigenvalue weighted by Gasteiger charge is 1.98. The van der Waals surface area contributed by atoms with E-state index in [0.29, 0.717) is 0 Å². The first-order valence-electron chi connectivity index (χ1n) is 5.71. The van der Waals surface area contributed by atoms with Gasteiger partial charge in [0.1, 0.15) is 0 Å². The molecule has 0 radical (unpaired) electrons. The monoisotopic (exact) mass is 264 g/mol. The van der Waals surface area contributed by atoms with E-state index in [9.17, 15) is 9.59 Å². The lowest BCUT2D eigenvalue weighted by atomic mass is 10.1. The van der Waals surface area contributed by atoms with Crippen LogP contribution in [-0.2, 0) is 9.59 Å². The van der Waals surface area contributed by atoms with Gasteiger partial charge in [-0.15, -0.1) is 0 Å². The molecule has 0 bridgehead atoms. The van der Waals surface area contributed by atoms with E-state index >= 15 is 0 Å². The Morgan fingerprint density at radius 1 is 0.556 bits per heavy atom. The summed E-state index contributed by atoms with van der Waals surface area (Å²) in [4.78, 5) is 28.8. The predicted molar refractivity (Wildman–Crippen MR) is 62.9 cm³/mol. The zero-order valence-electron chi connectivity index (χ0n) is 10.2. The van der Waals surface area contributed by atoms with Crippen molar-refractivity contribution >= 4 is 18.1 Å². The molecular formula is C11H20O7. The maximum absolute atomic E-state index is 10.1. The molecule has 0 saturated carbocycles. The Bertz CT molecular complexity index is 226. The third-order valence-corrected chi connectivity index (χ3v) is 2.03. The van der Waals surface area contributed by atoms with Crippen LogP contribution in [0, 0.1) is 0 Å². The zero-order chi connectivity index (χ0) is 14.4. The second kappa shape index (κ2) is 13.3. The molecule has 0 spiro atoms. The van der Waals surface area contributed by atoms with Gasteiger partial charge in [0.25, 0.3) is 0 Å². The van der Waals surface area contributed by atoms with Gasteiger partial charge in [-0.05, 0) is 12.8 Å².